The summed E-state index contributed by atoms with van der Waals surface area (Å²) in [6.07, 6.45) is 2.86. The maximum atomic E-state index is 13.0. The molecule has 0 unspecified atom stereocenters. The number of nitrogens with zero attached hydrogens (tertiary/aromatic N) is 1. The number of furan rings is 1. The third-order valence-electron chi connectivity index (χ3n) is 5.43. The molecule has 0 atom stereocenters. The third kappa shape index (κ3) is 5.88. The van der Waals surface area contributed by atoms with Crippen LogP contribution >= 0.6 is 23.2 Å². The first-order valence-corrected chi connectivity index (χ1v) is 12.1. The van der Waals surface area contributed by atoms with Crippen LogP contribution in [0.4, 0.5) is 0 Å². The second kappa shape index (κ2) is 11.2. The van der Waals surface area contributed by atoms with Crippen molar-refractivity contribution in [1.82, 2.24) is 10.7 Å². The van der Waals surface area contributed by atoms with Crippen LogP contribution in [0.1, 0.15) is 21.7 Å². The molecule has 1 aliphatic rings. The molecule has 0 spiro atoms. The monoisotopic (exact) mass is 547 g/mol. The van der Waals surface area contributed by atoms with Crippen molar-refractivity contribution in [2.75, 3.05) is 6.79 Å². The fraction of sp³-hybridized carbons (Fsp3) is 0.0357. The van der Waals surface area contributed by atoms with Gasteiger partial charge in [0.2, 0.25) is 6.79 Å². The van der Waals surface area contributed by atoms with Crippen LogP contribution in [0.5, 0.6) is 11.5 Å². The van der Waals surface area contributed by atoms with Crippen LogP contribution in [-0.2, 0) is 4.79 Å². The SMILES string of the molecule is O=C(N/N=C\c1ccc(-c2ccc(Cl)c(Cl)c2)o1)/C(=C\c1ccc2c(c1)OCO2)NC(=O)c1ccccc1. The zero-order valence-electron chi connectivity index (χ0n) is 19.6. The Hall–Kier alpha value is -4.53. The molecule has 2 amide bonds. The molecule has 5 rings (SSSR count). The summed E-state index contributed by atoms with van der Waals surface area (Å²) in [5.41, 5.74) is 4.15. The number of carbonyl (C=O) groups is 2. The van der Waals surface area contributed by atoms with E-state index >= 15 is 0 Å². The summed E-state index contributed by atoms with van der Waals surface area (Å²) in [6.45, 7) is 0.120. The van der Waals surface area contributed by atoms with E-state index < -0.39 is 11.8 Å². The van der Waals surface area contributed by atoms with E-state index in [2.05, 4.69) is 15.8 Å². The van der Waals surface area contributed by atoms with E-state index in [1.54, 1.807) is 78.9 Å². The van der Waals surface area contributed by atoms with E-state index in [1.807, 2.05) is 0 Å². The Morgan fingerprint density at radius 1 is 0.868 bits per heavy atom. The largest absolute Gasteiger partial charge is 0.455 e. The lowest BCUT2D eigenvalue weighted by Crippen LogP contribution is -2.32. The second-order valence-corrected chi connectivity index (χ2v) is 8.84. The van der Waals surface area contributed by atoms with Gasteiger partial charge in [0.1, 0.15) is 17.2 Å². The van der Waals surface area contributed by atoms with Gasteiger partial charge in [-0.3, -0.25) is 9.59 Å². The summed E-state index contributed by atoms with van der Waals surface area (Å²) in [5, 5.41) is 7.47. The summed E-state index contributed by atoms with van der Waals surface area (Å²) < 4.78 is 16.5. The molecule has 4 aromatic rings. The fourth-order valence-corrected chi connectivity index (χ4v) is 3.85. The van der Waals surface area contributed by atoms with Gasteiger partial charge in [-0.05, 0) is 66.2 Å². The average Bonchev–Trinajstić information content (AvgIpc) is 3.60. The molecule has 10 heteroatoms. The first-order valence-electron chi connectivity index (χ1n) is 11.3. The van der Waals surface area contributed by atoms with Gasteiger partial charge in [0.15, 0.2) is 11.5 Å². The molecule has 0 saturated carbocycles. The Kier molecular flexibility index (Phi) is 7.44. The van der Waals surface area contributed by atoms with E-state index in [4.69, 9.17) is 37.1 Å². The lowest BCUT2D eigenvalue weighted by Gasteiger charge is -2.09. The van der Waals surface area contributed by atoms with Crippen molar-refractivity contribution in [3.8, 4) is 22.8 Å². The molecule has 0 aliphatic carbocycles. The van der Waals surface area contributed by atoms with Gasteiger partial charge in [0.25, 0.3) is 11.8 Å². The number of fused-ring (bicyclic) bond motifs is 1. The van der Waals surface area contributed by atoms with Crippen LogP contribution in [0.2, 0.25) is 10.0 Å². The van der Waals surface area contributed by atoms with E-state index in [1.165, 1.54) is 12.3 Å². The van der Waals surface area contributed by atoms with Crippen LogP contribution in [-0.4, -0.2) is 24.8 Å². The molecule has 2 N–H and O–H groups in total. The van der Waals surface area contributed by atoms with E-state index in [9.17, 15) is 9.59 Å². The van der Waals surface area contributed by atoms with Crippen molar-refractivity contribution < 1.29 is 23.5 Å². The lowest BCUT2D eigenvalue weighted by molar-refractivity contribution is -0.117. The van der Waals surface area contributed by atoms with Crippen molar-refractivity contribution in [3.63, 3.8) is 0 Å². The zero-order valence-corrected chi connectivity index (χ0v) is 21.1. The number of carbonyl (C=O) groups excluding carboxylic acids is 2. The zero-order chi connectivity index (χ0) is 26.5. The minimum Gasteiger partial charge on any atom is -0.455 e. The molecule has 38 heavy (non-hydrogen) atoms. The summed E-state index contributed by atoms with van der Waals surface area (Å²) in [4.78, 5) is 25.8. The van der Waals surface area contributed by atoms with Crippen molar-refractivity contribution >= 4 is 47.3 Å². The predicted molar refractivity (Wildman–Crippen MR) is 144 cm³/mol. The predicted octanol–water partition coefficient (Wildman–Crippen LogP) is 5.90. The van der Waals surface area contributed by atoms with Gasteiger partial charge in [0.05, 0.1) is 16.3 Å². The van der Waals surface area contributed by atoms with Gasteiger partial charge in [-0.15, -0.1) is 0 Å². The van der Waals surface area contributed by atoms with E-state index in [0.717, 1.165) is 5.56 Å². The Labute approximate surface area is 227 Å². The molecule has 0 radical (unpaired) electrons. The van der Waals surface area contributed by atoms with Gasteiger partial charge >= 0.3 is 0 Å². The number of hydrogen-bond donors (Lipinski definition) is 2. The molecule has 1 aliphatic heterocycles. The Balaban J connectivity index is 1.33. The Morgan fingerprint density at radius 3 is 2.50 bits per heavy atom. The molecule has 8 nitrogen and oxygen atoms in total. The van der Waals surface area contributed by atoms with Crippen LogP contribution in [0.15, 0.2) is 94.1 Å². The number of nitrogens with one attached hydrogen (secondary N) is 2. The fourth-order valence-electron chi connectivity index (χ4n) is 3.55. The maximum Gasteiger partial charge on any atom is 0.287 e. The van der Waals surface area contributed by atoms with E-state index in [-0.39, 0.29) is 12.5 Å². The molecule has 0 saturated heterocycles. The number of benzene rings is 3. The van der Waals surface area contributed by atoms with Gasteiger partial charge in [0, 0.05) is 11.1 Å². The third-order valence-corrected chi connectivity index (χ3v) is 6.16. The molecular formula is C28H19Cl2N3O5. The molecule has 190 valence electrons. The van der Waals surface area contributed by atoms with Crippen molar-refractivity contribution in [2.45, 2.75) is 0 Å². The second-order valence-electron chi connectivity index (χ2n) is 8.02. The van der Waals surface area contributed by atoms with Gasteiger partial charge < -0.3 is 19.2 Å². The van der Waals surface area contributed by atoms with Crippen LogP contribution in [0, 0.1) is 0 Å². The highest BCUT2D eigenvalue weighted by atomic mass is 35.5. The summed E-state index contributed by atoms with van der Waals surface area (Å²) in [6, 6.07) is 22.3. The van der Waals surface area contributed by atoms with Crippen molar-refractivity contribution in [1.29, 1.82) is 0 Å². The number of hydrogen-bond acceptors (Lipinski definition) is 6. The van der Waals surface area contributed by atoms with Crippen molar-refractivity contribution in [2.24, 2.45) is 5.10 Å². The quantitative estimate of drug-likeness (QED) is 0.170. The molecule has 3 aromatic carbocycles. The number of rotatable bonds is 7. The normalized spacial score (nSPS) is 12.5. The van der Waals surface area contributed by atoms with Gasteiger partial charge in [-0.2, -0.15) is 5.10 Å². The number of hydrazone groups is 1. The van der Waals surface area contributed by atoms with Crippen LogP contribution < -0.4 is 20.2 Å². The minimum absolute atomic E-state index is 0.0224. The molecule has 0 fully saturated rings. The first-order chi connectivity index (χ1) is 18.5. The molecule has 1 aromatic heterocycles. The molecule has 0 bridgehead atoms. The maximum absolute atomic E-state index is 13.0. The number of amides is 2. The Bertz CT molecular complexity index is 1560. The van der Waals surface area contributed by atoms with Gasteiger partial charge in [-0.1, -0.05) is 47.5 Å². The molecule has 2 heterocycles. The first kappa shape index (κ1) is 25.1. The topological polar surface area (TPSA) is 102 Å². The highest BCUT2D eigenvalue weighted by Gasteiger charge is 2.17. The van der Waals surface area contributed by atoms with Crippen molar-refractivity contribution in [3.05, 3.63) is 111 Å². The standard InChI is InChI=1S/C28H19Cl2N3O5/c29-21-9-7-19(14-22(21)30)24-11-8-20(38-24)15-31-33-28(35)23(32-27(34)18-4-2-1-3-5-18)12-17-6-10-25-26(13-17)37-16-36-25/h1-15H,16H2,(H,32,34)(H,33,35)/b23-12+,31-15-. The lowest BCUT2D eigenvalue weighted by atomic mass is 10.1. The van der Waals surface area contributed by atoms with Gasteiger partial charge in [-0.25, -0.2) is 5.43 Å². The highest BCUT2D eigenvalue weighted by molar-refractivity contribution is 6.42. The van der Waals surface area contributed by atoms with E-state index in [0.29, 0.717) is 44.2 Å². The average molecular weight is 548 g/mol. The number of ether oxygens (including phenoxy) is 2. The smallest absolute Gasteiger partial charge is 0.287 e. The minimum atomic E-state index is -0.639. The number of halogens is 2. The summed E-state index contributed by atoms with van der Waals surface area (Å²) >= 11 is 12.1. The Morgan fingerprint density at radius 2 is 1.68 bits per heavy atom. The molecular weight excluding hydrogens is 529 g/mol. The van der Waals surface area contributed by atoms with Crippen LogP contribution in [0.3, 0.4) is 0 Å². The highest BCUT2D eigenvalue weighted by Crippen LogP contribution is 2.33. The van der Waals surface area contributed by atoms with Crippen LogP contribution in [0.25, 0.3) is 17.4 Å². The summed E-state index contributed by atoms with van der Waals surface area (Å²) in [7, 11) is 0. The summed E-state index contributed by atoms with van der Waals surface area (Å²) in [5.74, 6) is 0.996.